The van der Waals surface area contributed by atoms with Crippen LogP contribution in [0.4, 0.5) is 8.78 Å². The lowest BCUT2D eigenvalue weighted by atomic mass is 10.1. The van der Waals surface area contributed by atoms with Gasteiger partial charge in [0.1, 0.15) is 11.6 Å². The second-order valence-electron chi connectivity index (χ2n) is 6.83. The molecule has 1 unspecified atom stereocenters. The summed E-state index contributed by atoms with van der Waals surface area (Å²) in [5.41, 5.74) is 0.502. The lowest BCUT2D eigenvalue weighted by Gasteiger charge is -2.38. The van der Waals surface area contributed by atoms with Crippen LogP contribution in [0.3, 0.4) is 0 Å². The van der Waals surface area contributed by atoms with E-state index in [0.717, 1.165) is 18.5 Å². The molecule has 1 aliphatic carbocycles. The Hall–Kier alpha value is -1.53. The highest BCUT2D eigenvalue weighted by Gasteiger charge is 2.26. The number of hydrogen-bond acceptors (Lipinski definition) is 3. The minimum absolute atomic E-state index is 0.129. The molecule has 1 saturated carbocycles. The van der Waals surface area contributed by atoms with Crippen molar-refractivity contribution in [3.8, 4) is 0 Å². The van der Waals surface area contributed by atoms with Gasteiger partial charge in [-0.25, -0.2) is 8.78 Å². The van der Waals surface area contributed by atoms with Crippen LogP contribution in [-0.2, 0) is 4.79 Å². The molecule has 1 atom stereocenters. The lowest BCUT2D eigenvalue weighted by Crippen LogP contribution is -2.51. The molecule has 2 aliphatic rings. The van der Waals surface area contributed by atoms with Gasteiger partial charge >= 0.3 is 0 Å². The standard InChI is InChI=1S/C18H25F2N3O/c1-13(16-5-4-15(19)10-17(16)20)22-6-8-23(9-7-22)18(24)12-21-11-14-2-3-14/h4-5,10,13-14,21H,2-3,6-9,11-12H2,1H3. The van der Waals surface area contributed by atoms with Crippen LogP contribution in [-0.4, -0.2) is 55.0 Å². The van der Waals surface area contributed by atoms with Crippen LogP contribution >= 0.6 is 0 Å². The summed E-state index contributed by atoms with van der Waals surface area (Å²) in [4.78, 5) is 16.2. The van der Waals surface area contributed by atoms with E-state index in [-0.39, 0.29) is 11.9 Å². The van der Waals surface area contributed by atoms with Crippen molar-refractivity contribution in [2.75, 3.05) is 39.3 Å². The van der Waals surface area contributed by atoms with Crippen molar-refractivity contribution in [2.24, 2.45) is 5.92 Å². The predicted molar refractivity (Wildman–Crippen MR) is 88.5 cm³/mol. The summed E-state index contributed by atoms with van der Waals surface area (Å²) in [5.74, 6) is -0.167. The molecule has 132 valence electrons. The van der Waals surface area contributed by atoms with E-state index in [1.165, 1.54) is 25.0 Å². The highest BCUT2D eigenvalue weighted by Crippen LogP contribution is 2.27. The molecule has 1 aliphatic heterocycles. The molecule has 24 heavy (non-hydrogen) atoms. The van der Waals surface area contributed by atoms with Crippen molar-refractivity contribution in [3.05, 3.63) is 35.4 Å². The van der Waals surface area contributed by atoms with Crippen LogP contribution in [0.2, 0.25) is 0 Å². The average Bonchev–Trinajstić information content (AvgIpc) is 3.39. The van der Waals surface area contributed by atoms with E-state index in [0.29, 0.717) is 38.3 Å². The number of amides is 1. The molecule has 6 heteroatoms. The minimum atomic E-state index is -0.558. The molecule has 0 spiro atoms. The lowest BCUT2D eigenvalue weighted by molar-refractivity contribution is -0.132. The number of piperazine rings is 1. The number of carbonyl (C=O) groups excluding carboxylic acids is 1. The van der Waals surface area contributed by atoms with Gasteiger partial charge in [-0.2, -0.15) is 0 Å². The first-order valence-electron chi connectivity index (χ1n) is 8.72. The van der Waals surface area contributed by atoms with E-state index in [1.807, 2.05) is 11.8 Å². The number of halogens is 2. The Labute approximate surface area is 141 Å². The van der Waals surface area contributed by atoms with E-state index in [2.05, 4.69) is 10.2 Å². The second-order valence-corrected chi connectivity index (χ2v) is 6.83. The van der Waals surface area contributed by atoms with Gasteiger partial charge in [-0.15, -0.1) is 0 Å². The van der Waals surface area contributed by atoms with Crippen molar-refractivity contribution >= 4 is 5.91 Å². The maximum Gasteiger partial charge on any atom is 0.236 e. The van der Waals surface area contributed by atoms with Crippen molar-refractivity contribution in [3.63, 3.8) is 0 Å². The van der Waals surface area contributed by atoms with Gasteiger partial charge in [-0.05, 0) is 38.3 Å². The summed E-state index contributed by atoms with van der Waals surface area (Å²) in [5, 5.41) is 3.23. The molecule has 0 radical (unpaired) electrons. The molecule has 2 fully saturated rings. The zero-order valence-electron chi connectivity index (χ0n) is 14.1. The molecule has 1 aromatic carbocycles. The van der Waals surface area contributed by atoms with E-state index in [4.69, 9.17) is 0 Å². The first kappa shape index (κ1) is 17.3. The quantitative estimate of drug-likeness (QED) is 0.864. The molecule has 0 aromatic heterocycles. The summed E-state index contributed by atoms with van der Waals surface area (Å²) in [6.45, 7) is 5.96. The average molecular weight is 337 g/mol. The third-order valence-corrected chi connectivity index (χ3v) is 5.03. The summed E-state index contributed by atoms with van der Waals surface area (Å²) in [6.07, 6.45) is 2.55. The second kappa shape index (κ2) is 7.57. The van der Waals surface area contributed by atoms with Crippen LogP contribution in [0.5, 0.6) is 0 Å². The van der Waals surface area contributed by atoms with Gasteiger partial charge in [0.15, 0.2) is 0 Å². The van der Waals surface area contributed by atoms with E-state index in [9.17, 15) is 13.6 Å². The molecule has 4 nitrogen and oxygen atoms in total. The molecule has 1 saturated heterocycles. The molecule has 1 heterocycles. The molecular formula is C18H25F2N3O. The van der Waals surface area contributed by atoms with E-state index >= 15 is 0 Å². The smallest absolute Gasteiger partial charge is 0.236 e. The Morgan fingerprint density at radius 2 is 1.96 bits per heavy atom. The summed E-state index contributed by atoms with van der Waals surface area (Å²) < 4.78 is 27.0. The first-order valence-corrected chi connectivity index (χ1v) is 8.72. The van der Waals surface area contributed by atoms with Gasteiger partial charge in [-0.1, -0.05) is 6.07 Å². The Kier molecular flexibility index (Phi) is 5.46. The Bertz CT molecular complexity index is 584. The van der Waals surface area contributed by atoms with E-state index in [1.54, 1.807) is 0 Å². The van der Waals surface area contributed by atoms with E-state index < -0.39 is 11.6 Å². The van der Waals surface area contributed by atoms with Gasteiger partial charge in [0, 0.05) is 43.9 Å². The zero-order chi connectivity index (χ0) is 17.1. The van der Waals surface area contributed by atoms with Crippen molar-refractivity contribution in [1.29, 1.82) is 0 Å². The normalized spacial score (nSPS) is 20.2. The molecule has 0 bridgehead atoms. The van der Waals surface area contributed by atoms with Crippen LogP contribution < -0.4 is 5.32 Å². The molecule has 3 rings (SSSR count). The fourth-order valence-electron chi connectivity index (χ4n) is 3.21. The van der Waals surface area contributed by atoms with Crippen molar-refractivity contribution in [2.45, 2.75) is 25.8 Å². The number of carbonyl (C=O) groups is 1. The monoisotopic (exact) mass is 337 g/mol. The van der Waals surface area contributed by atoms with Gasteiger partial charge in [0.2, 0.25) is 5.91 Å². The molecule has 1 amide bonds. The Morgan fingerprint density at radius 3 is 2.58 bits per heavy atom. The maximum atomic E-state index is 13.9. The summed E-state index contributed by atoms with van der Waals surface area (Å²) in [7, 11) is 0. The van der Waals surface area contributed by atoms with Gasteiger partial charge in [0.05, 0.1) is 6.54 Å². The largest absolute Gasteiger partial charge is 0.339 e. The fourth-order valence-corrected chi connectivity index (χ4v) is 3.21. The number of nitrogens with one attached hydrogen (secondary N) is 1. The third kappa shape index (κ3) is 4.30. The molecule has 1 aromatic rings. The SMILES string of the molecule is CC(c1ccc(F)cc1F)N1CCN(C(=O)CNCC2CC2)CC1. The Balaban J connectivity index is 1.47. The maximum absolute atomic E-state index is 13.9. The first-order chi connectivity index (χ1) is 11.5. The fraction of sp³-hybridized carbons (Fsp3) is 0.611. The van der Waals surface area contributed by atoms with Gasteiger partial charge in [-0.3, -0.25) is 9.69 Å². The number of hydrogen-bond donors (Lipinski definition) is 1. The zero-order valence-corrected chi connectivity index (χ0v) is 14.1. The van der Waals surface area contributed by atoms with Gasteiger partial charge < -0.3 is 10.2 Å². The van der Waals surface area contributed by atoms with Crippen LogP contribution in [0, 0.1) is 17.6 Å². The highest BCUT2D eigenvalue weighted by molar-refractivity contribution is 5.78. The topological polar surface area (TPSA) is 35.6 Å². The predicted octanol–water partition coefficient (Wildman–Crippen LogP) is 2.17. The highest BCUT2D eigenvalue weighted by atomic mass is 19.1. The summed E-state index contributed by atoms with van der Waals surface area (Å²) >= 11 is 0. The molecular weight excluding hydrogens is 312 g/mol. The van der Waals surface area contributed by atoms with Crippen LogP contribution in [0.1, 0.15) is 31.4 Å². The van der Waals surface area contributed by atoms with Crippen LogP contribution in [0.15, 0.2) is 18.2 Å². The van der Waals surface area contributed by atoms with Crippen molar-refractivity contribution < 1.29 is 13.6 Å². The minimum Gasteiger partial charge on any atom is -0.339 e. The Morgan fingerprint density at radius 1 is 1.25 bits per heavy atom. The number of nitrogens with zero attached hydrogens (tertiary/aromatic N) is 2. The molecule has 1 N–H and O–H groups in total. The van der Waals surface area contributed by atoms with Crippen molar-refractivity contribution in [1.82, 2.24) is 15.1 Å². The van der Waals surface area contributed by atoms with Crippen LogP contribution in [0.25, 0.3) is 0 Å². The van der Waals surface area contributed by atoms with Gasteiger partial charge in [0.25, 0.3) is 0 Å². The number of rotatable bonds is 6. The third-order valence-electron chi connectivity index (χ3n) is 5.03. The number of benzene rings is 1. The summed E-state index contributed by atoms with van der Waals surface area (Å²) in [6, 6.07) is 3.60.